The maximum Gasteiger partial charge on any atom is 0.295 e. The van der Waals surface area contributed by atoms with Crippen molar-refractivity contribution in [2.45, 2.75) is 6.61 Å². The minimum atomic E-state index is -0.0916. The minimum Gasteiger partial charge on any atom is -0.489 e. The number of hydrogen-bond acceptors (Lipinski definition) is 4. The highest BCUT2D eigenvalue weighted by Gasteiger charge is 2.16. The van der Waals surface area contributed by atoms with Gasteiger partial charge in [0, 0.05) is 5.02 Å². The molecule has 1 aliphatic heterocycles. The zero-order chi connectivity index (χ0) is 18.9. The molecule has 0 unspecified atom stereocenters. The zero-order valence-corrected chi connectivity index (χ0v) is 15.7. The van der Waals surface area contributed by atoms with E-state index in [2.05, 4.69) is 10.5 Å². The van der Waals surface area contributed by atoms with Crippen LogP contribution < -0.4 is 15.1 Å². The number of carbonyl (C=O) groups excluding carboxylic acids is 1. The second kappa shape index (κ2) is 10.1. The molecule has 0 atom stereocenters. The summed E-state index contributed by atoms with van der Waals surface area (Å²) in [6.07, 6.45) is 1.62. The topological polar surface area (TPSA) is 64.4 Å². The van der Waals surface area contributed by atoms with Gasteiger partial charge < -0.3 is 14.4 Å². The quantitative estimate of drug-likeness (QED) is 0.555. The number of carbonyl (C=O) groups is 1. The molecule has 6 nitrogen and oxygen atoms in total. The van der Waals surface area contributed by atoms with Crippen molar-refractivity contribution in [2.24, 2.45) is 5.10 Å². The number of nitrogens with one attached hydrogen (secondary N) is 2. The van der Waals surface area contributed by atoms with Crippen molar-refractivity contribution in [3.8, 4) is 5.75 Å². The van der Waals surface area contributed by atoms with Crippen molar-refractivity contribution in [1.29, 1.82) is 0 Å². The van der Waals surface area contributed by atoms with Gasteiger partial charge in [-0.15, -0.1) is 0 Å². The fraction of sp³-hybridized carbons (Fsp3) is 0.300. The molecule has 0 saturated carbocycles. The molecule has 3 rings (SSSR count). The van der Waals surface area contributed by atoms with Crippen LogP contribution in [0, 0.1) is 0 Å². The molecule has 0 aliphatic carbocycles. The van der Waals surface area contributed by atoms with Gasteiger partial charge in [0.2, 0.25) is 0 Å². The van der Waals surface area contributed by atoms with Gasteiger partial charge in [-0.05, 0) is 47.5 Å². The summed E-state index contributed by atoms with van der Waals surface area (Å²) in [4.78, 5) is 13.1. The molecule has 1 saturated heterocycles. The molecule has 7 heteroatoms. The summed E-state index contributed by atoms with van der Waals surface area (Å²) in [6, 6.07) is 15.1. The molecule has 0 aromatic heterocycles. The lowest BCUT2D eigenvalue weighted by Crippen LogP contribution is -3.15. The SMILES string of the molecule is O=C(C[NH+]1CCOCC1)N/N=C\c1ccc(OCc2ccc(Cl)cc2)cc1. The van der Waals surface area contributed by atoms with Crippen molar-refractivity contribution in [2.75, 3.05) is 32.8 Å². The molecule has 27 heavy (non-hydrogen) atoms. The van der Waals surface area contributed by atoms with Crippen molar-refractivity contribution in [3.05, 3.63) is 64.7 Å². The van der Waals surface area contributed by atoms with Crippen LogP contribution in [0.3, 0.4) is 0 Å². The molecule has 0 radical (unpaired) electrons. The molecule has 1 fully saturated rings. The molecule has 2 aromatic rings. The van der Waals surface area contributed by atoms with Crippen LogP contribution in [0.25, 0.3) is 0 Å². The molecular formula is C20H23ClN3O3+. The number of quaternary nitrogens is 1. The van der Waals surface area contributed by atoms with Crippen LogP contribution in [0.1, 0.15) is 11.1 Å². The van der Waals surface area contributed by atoms with E-state index in [1.54, 1.807) is 6.21 Å². The van der Waals surface area contributed by atoms with Crippen molar-refractivity contribution >= 4 is 23.7 Å². The monoisotopic (exact) mass is 388 g/mol. The van der Waals surface area contributed by atoms with Gasteiger partial charge in [-0.1, -0.05) is 23.7 Å². The fourth-order valence-corrected chi connectivity index (χ4v) is 2.81. The van der Waals surface area contributed by atoms with E-state index in [0.29, 0.717) is 31.4 Å². The standard InChI is InChI=1S/C20H22ClN3O3/c21-18-5-1-17(2-6-18)15-27-19-7-3-16(4-8-19)13-22-23-20(25)14-24-9-11-26-12-10-24/h1-8,13H,9-12,14-15H2,(H,23,25)/p+1/b22-13-. The second-order valence-electron chi connectivity index (χ2n) is 6.32. The molecule has 0 spiro atoms. The Kier molecular flexibility index (Phi) is 7.21. The lowest BCUT2D eigenvalue weighted by atomic mass is 10.2. The number of halogens is 1. The highest BCUT2D eigenvalue weighted by Crippen LogP contribution is 2.15. The van der Waals surface area contributed by atoms with Gasteiger partial charge in [0.15, 0.2) is 6.54 Å². The van der Waals surface area contributed by atoms with Gasteiger partial charge in [-0.3, -0.25) is 4.79 Å². The Labute approximate surface area is 163 Å². The molecule has 142 valence electrons. The minimum absolute atomic E-state index is 0.0916. The number of ether oxygens (including phenoxy) is 2. The van der Waals surface area contributed by atoms with E-state index < -0.39 is 0 Å². The summed E-state index contributed by atoms with van der Waals surface area (Å²) >= 11 is 5.87. The Balaban J connectivity index is 1.42. The van der Waals surface area contributed by atoms with Crippen LogP contribution in [0.2, 0.25) is 5.02 Å². The molecule has 1 heterocycles. The smallest absolute Gasteiger partial charge is 0.295 e. The van der Waals surface area contributed by atoms with Gasteiger partial charge in [0.05, 0.1) is 19.4 Å². The first kappa shape index (κ1) is 19.4. The number of hydrogen-bond donors (Lipinski definition) is 2. The summed E-state index contributed by atoms with van der Waals surface area (Å²) in [7, 11) is 0. The van der Waals surface area contributed by atoms with Crippen molar-refractivity contribution < 1.29 is 19.2 Å². The van der Waals surface area contributed by atoms with Crippen LogP contribution in [0.4, 0.5) is 0 Å². The Morgan fingerprint density at radius 3 is 2.56 bits per heavy atom. The number of nitrogens with zero attached hydrogens (tertiary/aromatic N) is 1. The first-order valence-corrected chi connectivity index (χ1v) is 9.27. The third kappa shape index (κ3) is 6.67. The fourth-order valence-electron chi connectivity index (χ4n) is 2.68. The number of benzene rings is 2. The van der Waals surface area contributed by atoms with E-state index in [-0.39, 0.29) is 5.91 Å². The lowest BCUT2D eigenvalue weighted by Gasteiger charge is -2.22. The highest BCUT2D eigenvalue weighted by atomic mass is 35.5. The molecule has 1 aliphatic rings. The summed E-state index contributed by atoms with van der Waals surface area (Å²) in [5, 5.41) is 4.73. The highest BCUT2D eigenvalue weighted by molar-refractivity contribution is 6.30. The first-order chi connectivity index (χ1) is 13.2. The van der Waals surface area contributed by atoms with E-state index in [1.165, 1.54) is 4.90 Å². The Morgan fingerprint density at radius 1 is 1.15 bits per heavy atom. The second-order valence-corrected chi connectivity index (χ2v) is 6.75. The lowest BCUT2D eigenvalue weighted by molar-refractivity contribution is -0.900. The first-order valence-electron chi connectivity index (χ1n) is 8.89. The summed E-state index contributed by atoms with van der Waals surface area (Å²) in [5.74, 6) is 0.674. The predicted molar refractivity (Wildman–Crippen MR) is 104 cm³/mol. The third-order valence-corrected chi connectivity index (χ3v) is 4.46. The van der Waals surface area contributed by atoms with Crippen LogP contribution in [-0.4, -0.2) is 45.0 Å². The number of hydrazone groups is 1. The van der Waals surface area contributed by atoms with Gasteiger partial charge in [0.25, 0.3) is 5.91 Å². The van der Waals surface area contributed by atoms with Crippen LogP contribution in [0.15, 0.2) is 53.6 Å². The Hall–Kier alpha value is -2.41. The van der Waals surface area contributed by atoms with E-state index in [4.69, 9.17) is 21.1 Å². The molecule has 2 N–H and O–H groups in total. The number of amides is 1. The van der Waals surface area contributed by atoms with Crippen LogP contribution in [-0.2, 0) is 16.1 Å². The van der Waals surface area contributed by atoms with E-state index in [0.717, 1.165) is 30.0 Å². The summed E-state index contributed by atoms with van der Waals surface area (Å²) in [5.41, 5.74) is 4.50. The third-order valence-electron chi connectivity index (χ3n) is 4.21. The maximum absolute atomic E-state index is 11.9. The molecule has 2 aromatic carbocycles. The van der Waals surface area contributed by atoms with Gasteiger partial charge in [-0.2, -0.15) is 5.10 Å². The molecule has 1 amide bonds. The Bertz CT molecular complexity index is 757. The van der Waals surface area contributed by atoms with E-state index >= 15 is 0 Å². The Morgan fingerprint density at radius 2 is 1.85 bits per heavy atom. The van der Waals surface area contributed by atoms with Crippen LogP contribution in [0.5, 0.6) is 5.75 Å². The van der Waals surface area contributed by atoms with Gasteiger partial charge >= 0.3 is 0 Å². The summed E-state index contributed by atoms with van der Waals surface area (Å²) < 4.78 is 11.0. The predicted octanol–water partition coefficient (Wildman–Crippen LogP) is 1.28. The summed E-state index contributed by atoms with van der Waals surface area (Å²) in [6.45, 7) is 4.02. The normalized spacial score (nSPS) is 15.0. The largest absolute Gasteiger partial charge is 0.489 e. The van der Waals surface area contributed by atoms with Crippen LogP contribution >= 0.6 is 11.6 Å². The maximum atomic E-state index is 11.9. The van der Waals surface area contributed by atoms with Gasteiger partial charge in [0.1, 0.15) is 25.4 Å². The van der Waals surface area contributed by atoms with Crippen molar-refractivity contribution in [3.63, 3.8) is 0 Å². The number of morpholine rings is 1. The average molecular weight is 389 g/mol. The van der Waals surface area contributed by atoms with Gasteiger partial charge in [-0.25, -0.2) is 5.43 Å². The van der Waals surface area contributed by atoms with Crippen molar-refractivity contribution in [1.82, 2.24) is 5.43 Å². The average Bonchev–Trinajstić information content (AvgIpc) is 2.69. The number of rotatable bonds is 7. The molecular weight excluding hydrogens is 366 g/mol. The molecule has 0 bridgehead atoms. The zero-order valence-electron chi connectivity index (χ0n) is 15.0. The van der Waals surface area contributed by atoms with E-state index in [1.807, 2.05) is 48.5 Å². The van der Waals surface area contributed by atoms with E-state index in [9.17, 15) is 4.79 Å².